The average molecular weight is 305 g/mol. The minimum absolute atomic E-state index is 0.239. The van der Waals surface area contributed by atoms with Gasteiger partial charge in [0, 0.05) is 48.1 Å². The molecule has 8 heteroatoms. The van der Waals surface area contributed by atoms with Crippen LogP contribution in [0.25, 0.3) is 10.9 Å². The number of anilines is 1. The molecule has 2 aromatic heterocycles. The second-order valence-electron chi connectivity index (χ2n) is 4.83. The van der Waals surface area contributed by atoms with Gasteiger partial charge in [-0.3, -0.25) is 5.10 Å². The molecule has 0 spiro atoms. The van der Waals surface area contributed by atoms with E-state index in [4.69, 9.17) is 5.73 Å². The lowest BCUT2D eigenvalue weighted by Gasteiger charge is -2.15. The van der Waals surface area contributed by atoms with Crippen molar-refractivity contribution in [3.05, 3.63) is 42.4 Å². The van der Waals surface area contributed by atoms with Gasteiger partial charge in [0.25, 0.3) is 0 Å². The molecule has 2 heterocycles. The normalized spacial score (nSPS) is 12.3. The van der Waals surface area contributed by atoms with Crippen molar-refractivity contribution in [1.29, 1.82) is 0 Å². The molecule has 0 radical (unpaired) electrons. The third-order valence-electron chi connectivity index (χ3n) is 3.32. The highest BCUT2D eigenvalue weighted by molar-refractivity contribution is 7.89. The second kappa shape index (κ2) is 4.90. The quantitative estimate of drug-likeness (QED) is 0.631. The number of rotatable bonds is 4. The summed E-state index contributed by atoms with van der Waals surface area (Å²) in [5, 5.41) is 7.11. The Hall–Kier alpha value is -2.32. The summed E-state index contributed by atoms with van der Waals surface area (Å²) in [6.45, 7) is 0.250. The first-order valence-corrected chi connectivity index (χ1v) is 7.73. The number of aromatic amines is 2. The molecular formula is C13H15N5O2S. The highest BCUT2D eigenvalue weighted by atomic mass is 32.2. The summed E-state index contributed by atoms with van der Waals surface area (Å²) in [4.78, 5) is 3.18. The fourth-order valence-corrected chi connectivity index (χ4v) is 3.52. The number of nitrogens with two attached hydrogens (primary N) is 1. The molecule has 4 N–H and O–H groups in total. The first-order chi connectivity index (χ1) is 9.98. The lowest BCUT2D eigenvalue weighted by Crippen LogP contribution is -2.26. The molecule has 0 aliphatic heterocycles. The van der Waals surface area contributed by atoms with E-state index in [9.17, 15) is 8.42 Å². The zero-order chi connectivity index (χ0) is 15.0. The Balaban J connectivity index is 2.00. The molecule has 0 aliphatic rings. The fourth-order valence-electron chi connectivity index (χ4n) is 2.20. The van der Waals surface area contributed by atoms with E-state index in [1.54, 1.807) is 37.6 Å². The second-order valence-corrected chi connectivity index (χ2v) is 6.84. The molecule has 0 fully saturated rings. The van der Waals surface area contributed by atoms with E-state index in [1.165, 1.54) is 10.5 Å². The maximum absolute atomic E-state index is 12.7. The number of nitrogen functional groups attached to an aromatic ring is 1. The number of fused-ring (bicyclic) bond motifs is 1. The molecule has 0 amide bonds. The summed E-state index contributed by atoms with van der Waals surface area (Å²) in [5.74, 6) is 0. The van der Waals surface area contributed by atoms with Gasteiger partial charge in [0.1, 0.15) is 4.90 Å². The van der Waals surface area contributed by atoms with Gasteiger partial charge in [-0.05, 0) is 18.2 Å². The number of aromatic nitrogens is 3. The molecule has 0 aliphatic carbocycles. The van der Waals surface area contributed by atoms with Gasteiger partial charge in [-0.15, -0.1) is 0 Å². The van der Waals surface area contributed by atoms with Gasteiger partial charge in [-0.2, -0.15) is 9.40 Å². The Morgan fingerprint density at radius 1 is 1.33 bits per heavy atom. The van der Waals surface area contributed by atoms with Crippen molar-refractivity contribution in [2.24, 2.45) is 0 Å². The third kappa shape index (κ3) is 2.39. The van der Waals surface area contributed by atoms with E-state index in [2.05, 4.69) is 15.2 Å². The summed E-state index contributed by atoms with van der Waals surface area (Å²) in [6, 6.07) is 5.11. The molecular weight excluding hydrogens is 290 g/mol. The van der Waals surface area contributed by atoms with Crippen LogP contribution in [-0.2, 0) is 16.6 Å². The van der Waals surface area contributed by atoms with E-state index in [-0.39, 0.29) is 11.4 Å². The Labute approximate surface area is 121 Å². The van der Waals surface area contributed by atoms with E-state index >= 15 is 0 Å². The van der Waals surface area contributed by atoms with Crippen LogP contribution in [0, 0.1) is 0 Å². The van der Waals surface area contributed by atoms with Gasteiger partial charge in [-0.25, -0.2) is 8.42 Å². The highest BCUT2D eigenvalue weighted by Crippen LogP contribution is 2.27. The van der Waals surface area contributed by atoms with Gasteiger partial charge >= 0.3 is 0 Å². The highest BCUT2D eigenvalue weighted by Gasteiger charge is 2.24. The topological polar surface area (TPSA) is 108 Å². The van der Waals surface area contributed by atoms with Gasteiger partial charge in [0.2, 0.25) is 10.0 Å². The lowest BCUT2D eigenvalue weighted by molar-refractivity contribution is 0.467. The number of H-pyrrole nitrogens is 2. The summed E-state index contributed by atoms with van der Waals surface area (Å²) >= 11 is 0. The number of hydrogen-bond acceptors (Lipinski definition) is 4. The molecule has 21 heavy (non-hydrogen) atoms. The number of hydrogen-bond donors (Lipinski definition) is 3. The average Bonchev–Trinajstić information content (AvgIpc) is 3.07. The number of nitrogens with zero attached hydrogens (tertiary/aromatic N) is 2. The van der Waals surface area contributed by atoms with Crippen molar-refractivity contribution in [1.82, 2.24) is 19.5 Å². The van der Waals surface area contributed by atoms with Crippen LogP contribution in [0.3, 0.4) is 0 Å². The summed E-state index contributed by atoms with van der Waals surface area (Å²) in [7, 11) is -2.05. The van der Waals surface area contributed by atoms with Crippen LogP contribution in [0.2, 0.25) is 0 Å². The molecule has 0 saturated carbocycles. The molecule has 0 unspecified atom stereocenters. The Morgan fingerprint density at radius 3 is 2.86 bits per heavy atom. The van der Waals surface area contributed by atoms with E-state index in [0.29, 0.717) is 16.6 Å². The van der Waals surface area contributed by atoms with Crippen molar-refractivity contribution in [2.45, 2.75) is 11.4 Å². The predicted molar refractivity (Wildman–Crippen MR) is 80.0 cm³/mol. The van der Waals surface area contributed by atoms with Crippen molar-refractivity contribution in [3.63, 3.8) is 0 Å². The van der Waals surface area contributed by atoms with Crippen LogP contribution in [0.1, 0.15) is 5.56 Å². The summed E-state index contributed by atoms with van der Waals surface area (Å²) in [5.41, 5.74) is 7.78. The summed E-state index contributed by atoms with van der Waals surface area (Å²) in [6.07, 6.45) is 4.76. The fraction of sp³-hybridized carbons (Fsp3) is 0.154. The smallest absolute Gasteiger partial charge is 0.245 e. The van der Waals surface area contributed by atoms with E-state index in [1.807, 2.05) is 0 Å². The van der Waals surface area contributed by atoms with Gasteiger partial charge in [0.15, 0.2) is 0 Å². The Morgan fingerprint density at radius 2 is 2.14 bits per heavy atom. The molecule has 0 atom stereocenters. The van der Waals surface area contributed by atoms with Crippen molar-refractivity contribution >= 4 is 26.6 Å². The largest absolute Gasteiger partial charge is 0.399 e. The van der Waals surface area contributed by atoms with Crippen LogP contribution in [0.4, 0.5) is 5.69 Å². The minimum Gasteiger partial charge on any atom is -0.399 e. The molecule has 0 saturated heterocycles. The Kier molecular flexibility index (Phi) is 3.19. The molecule has 7 nitrogen and oxygen atoms in total. The van der Waals surface area contributed by atoms with Crippen LogP contribution in [0.5, 0.6) is 0 Å². The van der Waals surface area contributed by atoms with Crippen molar-refractivity contribution < 1.29 is 8.42 Å². The minimum atomic E-state index is -3.59. The van der Waals surface area contributed by atoms with Crippen LogP contribution in [-0.4, -0.2) is 35.0 Å². The standard InChI is InChI=1S/C13H15N5O2S/c1-18(8-9-5-16-17-6-9)21(19,20)13-7-15-12-4-10(14)2-3-11(12)13/h2-7,15H,8,14H2,1H3,(H,16,17). The van der Waals surface area contributed by atoms with Crippen LogP contribution >= 0.6 is 0 Å². The first-order valence-electron chi connectivity index (χ1n) is 6.29. The molecule has 0 bridgehead atoms. The van der Waals surface area contributed by atoms with Gasteiger partial charge in [0.05, 0.1) is 6.20 Å². The number of sulfonamides is 1. The van der Waals surface area contributed by atoms with Crippen molar-refractivity contribution in [2.75, 3.05) is 12.8 Å². The monoisotopic (exact) mass is 305 g/mol. The summed E-state index contributed by atoms with van der Waals surface area (Å²) < 4.78 is 26.6. The zero-order valence-electron chi connectivity index (χ0n) is 11.4. The van der Waals surface area contributed by atoms with E-state index < -0.39 is 10.0 Å². The molecule has 3 rings (SSSR count). The maximum atomic E-state index is 12.7. The van der Waals surface area contributed by atoms with Gasteiger partial charge < -0.3 is 10.7 Å². The first kappa shape index (κ1) is 13.7. The number of nitrogens with one attached hydrogen (secondary N) is 2. The molecule has 110 valence electrons. The third-order valence-corrected chi connectivity index (χ3v) is 5.16. The van der Waals surface area contributed by atoms with E-state index in [0.717, 1.165) is 5.56 Å². The maximum Gasteiger partial charge on any atom is 0.245 e. The lowest BCUT2D eigenvalue weighted by atomic mass is 10.2. The van der Waals surface area contributed by atoms with Crippen LogP contribution in [0.15, 0.2) is 41.7 Å². The molecule has 3 aromatic rings. The number of benzene rings is 1. The Bertz CT molecular complexity index is 867. The zero-order valence-corrected chi connectivity index (χ0v) is 12.2. The predicted octanol–water partition coefficient (Wildman–Crippen LogP) is 1.29. The molecule has 1 aromatic carbocycles. The van der Waals surface area contributed by atoms with Gasteiger partial charge in [-0.1, -0.05) is 0 Å². The SMILES string of the molecule is CN(Cc1cn[nH]c1)S(=O)(=O)c1c[nH]c2cc(N)ccc12. The van der Waals surface area contributed by atoms with Crippen LogP contribution < -0.4 is 5.73 Å². The van der Waals surface area contributed by atoms with Crippen molar-refractivity contribution in [3.8, 4) is 0 Å².